The van der Waals surface area contributed by atoms with Crippen LogP contribution in [0.2, 0.25) is 0 Å². The summed E-state index contributed by atoms with van der Waals surface area (Å²) >= 11 is 9.72. The van der Waals surface area contributed by atoms with Crippen LogP contribution in [-0.4, -0.2) is 10.4 Å². The van der Waals surface area contributed by atoms with Gasteiger partial charge in [0.1, 0.15) is 0 Å². The van der Waals surface area contributed by atoms with E-state index in [0.29, 0.717) is 10.8 Å². The van der Waals surface area contributed by atoms with Gasteiger partial charge in [0.25, 0.3) is 0 Å². The van der Waals surface area contributed by atoms with Gasteiger partial charge in [-0.2, -0.15) is 0 Å². The third kappa shape index (κ3) is 2.73. The molecule has 0 radical (unpaired) electrons. The van der Waals surface area contributed by atoms with Crippen molar-refractivity contribution in [1.29, 1.82) is 0 Å². The van der Waals surface area contributed by atoms with Gasteiger partial charge in [0, 0.05) is 16.0 Å². The molecule has 1 aliphatic carbocycles. The van der Waals surface area contributed by atoms with Gasteiger partial charge in [0.15, 0.2) is 0 Å². The molecule has 0 N–H and O–H groups in total. The first kappa shape index (κ1) is 11.4. The lowest BCUT2D eigenvalue weighted by atomic mass is 9.84. The zero-order valence-corrected chi connectivity index (χ0v) is 11.2. The minimum Gasteiger partial charge on any atom is -0.260 e. The maximum Gasteiger partial charge on any atom is 0.0550 e. The Hall–Kier alpha value is -0.0800. The lowest BCUT2D eigenvalue weighted by molar-refractivity contribution is 0.331. The molecule has 1 aliphatic rings. The van der Waals surface area contributed by atoms with Crippen molar-refractivity contribution in [3.63, 3.8) is 0 Å². The lowest BCUT2D eigenvalue weighted by Gasteiger charge is -2.23. The molecule has 82 valence electrons. The van der Waals surface area contributed by atoms with E-state index in [4.69, 9.17) is 11.6 Å². The second kappa shape index (κ2) is 4.42. The highest BCUT2D eigenvalue weighted by molar-refractivity contribution is 9.10. The Balaban J connectivity index is 2.12. The highest BCUT2D eigenvalue weighted by Gasteiger charge is 2.34. The first-order valence-electron chi connectivity index (χ1n) is 5.33. The van der Waals surface area contributed by atoms with Crippen molar-refractivity contribution in [3.05, 3.63) is 28.5 Å². The highest BCUT2D eigenvalue weighted by Crippen LogP contribution is 2.43. The molecular weight excluding hydrogens is 273 g/mol. The molecular formula is C12H15BrClN. The van der Waals surface area contributed by atoms with E-state index in [9.17, 15) is 0 Å². The van der Waals surface area contributed by atoms with E-state index >= 15 is 0 Å². The van der Waals surface area contributed by atoms with Crippen LogP contribution < -0.4 is 0 Å². The number of hydrogen-bond donors (Lipinski definition) is 0. The van der Waals surface area contributed by atoms with Gasteiger partial charge in [-0.1, -0.05) is 6.92 Å². The van der Waals surface area contributed by atoms with Crippen LogP contribution in [0.15, 0.2) is 22.8 Å². The average molecular weight is 289 g/mol. The van der Waals surface area contributed by atoms with Crippen molar-refractivity contribution in [2.24, 2.45) is 5.41 Å². The van der Waals surface area contributed by atoms with Gasteiger partial charge < -0.3 is 0 Å². The molecule has 0 aromatic carbocycles. The molecule has 2 rings (SSSR count). The highest BCUT2D eigenvalue weighted by atomic mass is 79.9. The number of aromatic nitrogens is 1. The number of hydrogen-bond acceptors (Lipinski definition) is 1. The smallest absolute Gasteiger partial charge is 0.0550 e. The molecule has 1 nitrogen and oxygen atoms in total. The summed E-state index contributed by atoms with van der Waals surface area (Å²) in [6, 6.07) is 4.01. The first-order valence-corrected chi connectivity index (χ1v) is 6.55. The van der Waals surface area contributed by atoms with Gasteiger partial charge in [0.05, 0.1) is 5.69 Å². The van der Waals surface area contributed by atoms with Crippen LogP contribution >= 0.6 is 27.5 Å². The van der Waals surface area contributed by atoms with E-state index < -0.39 is 0 Å². The van der Waals surface area contributed by atoms with Crippen molar-refractivity contribution in [1.82, 2.24) is 4.98 Å². The largest absolute Gasteiger partial charge is 0.260 e. The van der Waals surface area contributed by atoms with Gasteiger partial charge in [-0.05, 0) is 59.2 Å². The molecule has 0 spiro atoms. The molecule has 2 unspecified atom stereocenters. The van der Waals surface area contributed by atoms with Crippen molar-refractivity contribution >= 4 is 27.5 Å². The molecule has 2 atom stereocenters. The Kier molecular flexibility index (Phi) is 3.36. The molecule has 0 aliphatic heterocycles. The molecule has 0 amide bonds. The quantitative estimate of drug-likeness (QED) is 0.744. The molecule has 0 saturated heterocycles. The van der Waals surface area contributed by atoms with Crippen molar-refractivity contribution in [3.8, 4) is 0 Å². The second-order valence-electron chi connectivity index (χ2n) is 4.76. The summed E-state index contributed by atoms with van der Waals surface area (Å²) in [5, 5.41) is 0.359. The SMILES string of the molecule is CC1(Cc2ncccc2Br)CCC(Cl)C1. The Bertz CT molecular complexity index is 355. The predicted octanol–water partition coefficient (Wildman–Crippen LogP) is 4.18. The molecule has 1 aromatic rings. The molecule has 15 heavy (non-hydrogen) atoms. The zero-order valence-electron chi connectivity index (χ0n) is 8.84. The fraction of sp³-hybridized carbons (Fsp3) is 0.583. The van der Waals surface area contributed by atoms with Crippen LogP contribution in [0.5, 0.6) is 0 Å². The number of halogens is 2. The minimum absolute atomic E-state index is 0.337. The Labute approximate surface area is 104 Å². The molecule has 3 heteroatoms. The van der Waals surface area contributed by atoms with Crippen LogP contribution in [0.1, 0.15) is 31.9 Å². The van der Waals surface area contributed by atoms with Crippen molar-refractivity contribution in [2.75, 3.05) is 0 Å². The van der Waals surface area contributed by atoms with E-state index in [2.05, 4.69) is 33.9 Å². The summed E-state index contributed by atoms with van der Waals surface area (Å²) in [6.45, 7) is 2.32. The molecule has 1 aromatic heterocycles. The minimum atomic E-state index is 0.337. The van der Waals surface area contributed by atoms with Crippen molar-refractivity contribution < 1.29 is 0 Å². The zero-order chi connectivity index (χ0) is 10.9. The maximum absolute atomic E-state index is 6.17. The van der Waals surface area contributed by atoms with E-state index in [-0.39, 0.29) is 0 Å². The Morgan fingerprint density at radius 3 is 3.07 bits per heavy atom. The number of pyridine rings is 1. The summed E-state index contributed by atoms with van der Waals surface area (Å²) in [4.78, 5) is 4.42. The summed E-state index contributed by atoms with van der Waals surface area (Å²) in [5.41, 5.74) is 1.49. The fourth-order valence-electron chi connectivity index (χ4n) is 2.36. The van der Waals surface area contributed by atoms with E-state index in [0.717, 1.165) is 29.4 Å². The molecule has 1 fully saturated rings. The van der Waals surface area contributed by atoms with E-state index in [1.807, 2.05) is 12.3 Å². The monoisotopic (exact) mass is 287 g/mol. The van der Waals surface area contributed by atoms with Gasteiger partial charge in [0.2, 0.25) is 0 Å². The third-order valence-corrected chi connectivity index (χ3v) is 4.30. The molecule has 1 saturated carbocycles. The summed E-state index contributed by atoms with van der Waals surface area (Å²) in [5.74, 6) is 0. The molecule has 1 heterocycles. The summed E-state index contributed by atoms with van der Waals surface area (Å²) in [6.07, 6.45) is 6.35. The predicted molar refractivity (Wildman–Crippen MR) is 67.2 cm³/mol. The summed E-state index contributed by atoms with van der Waals surface area (Å²) < 4.78 is 1.12. The normalized spacial score (nSPS) is 30.7. The van der Waals surface area contributed by atoms with E-state index in [1.54, 1.807) is 0 Å². The van der Waals surface area contributed by atoms with Crippen molar-refractivity contribution in [2.45, 2.75) is 38.0 Å². The van der Waals surface area contributed by atoms with Gasteiger partial charge in [-0.25, -0.2) is 0 Å². The van der Waals surface area contributed by atoms with Crippen LogP contribution in [0.25, 0.3) is 0 Å². The maximum atomic E-state index is 6.17. The second-order valence-corrected chi connectivity index (χ2v) is 6.23. The van der Waals surface area contributed by atoms with Crippen LogP contribution in [-0.2, 0) is 6.42 Å². The van der Waals surface area contributed by atoms with Crippen LogP contribution in [0, 0.1) is 5.41 Å². The van der Waals surface area contributed by atoms with Crippen LogP contribution in [0.3, 0.4) is 0 Å². The molecule has 0 bridgehead atoms. The number of nitrogens with zero attached hydrogens (tertiary/aromatic N) is 1. The first-order chi connectivity index (χ1) is 7.09. The number of alkyl halides is 1. The topological polar surface area (TPSA) is 12.9 Å². The third-order valence-electron chi connectivity index (χ3n) is 3.20. The average Bonchev–Trinajstić information content (AvgIpc) is 2.51. The van der Waals surface area contributed by atoms with Gasteiger partial charge >= 0.3 is 0 Å². The Morgan fingerprint density at radius 2 is 2.47 bits per heavy atom. The lowest BCUT2D eigenvalue weighted by Crippen LogP contribution is -2.16. The summed E-state index contributed by atoms with van der Waals surface area (Å²) in [7, 11) is 0. The fourth-order valence-corrected chi connectivity index (χ4v) is 3.23. The van der Waals surface area contributed by atoms with Gasteiger partial charge in [-0.3, -0.25) is 4.98 Å². The number of rotatable bonds is 2. The van der Waals surface area contributed by atoms with Crippen LogP contribution in [0.4, 0.5) is 0 Å². The standard InChI is InChI=1S/C12H15BrClN/c1-12(5-4-9(14)7-12)8-11-10(13)3-2-6-15-11/h2-3,6,9H,4-5,7-8H2,1H3. The van der Waals surface area contributed by atoms with Gasteiger partial charge in [-0.15, -0.1) is 11.6 Å². The van der Waals surface area contributed by atoms with E-state index in [1.165, 1.54) is 6.42 Å². The Morgan fingerprint density at radius 1 is 1.67 bits per heavy atom.